The van der Waals surface area contributed by atoms with Gasteiger partial charge in [-0.2, -0.15) is 0 Å². The molecule has 2 aliphatic rings. The van der Waals surface area contributed by atoms with Crippen molar-refractivity contribution < 1.29 is 14.2 Å². The second kappa shape index (κ2) is 4.59. The first-order valence-electron chi connectivity index (χ1n) is 7.65. The number of rotatable bonds is 0. The van der Waals surface area contributed by atoms with E-state index in [2.05, 4.69) is 25.2 Å². The summed E-state index contributed by atoms with van der Waals surface area (Å²) in [6.07, 6.45) is 1.06. The van der Waals surface area contributed by atoms with Crippen molar-refractivity contribution in [1.29, 1.82) is 0 Å². The normalized spacial score (nSPS) is 20.4. The average Bonchev–Trinajstić information content (AvgIpc) is 2.46. The molecule has 2 aliphatic heterocycles. The van der Waals surface area contributed by atoms with Crippen LogP contribution in [0, 0.1) is 5.82 Å². The molecule has 0 saturated carbocycles. The number of aliphatic hydroxyl groups is 1. The molecule has 3 nitrogen and oxygen atoms in total. The van der Waals surface area contributed by atoms with E-state index in [0.717, 1.165) is 22.4 Å². The maximum atomic E-state index is 13.7. The van der Waals surface area contributed by atoms with Gasteiger partial charge in [-0.25, -0.2) is 4.39 Å². The Balaban J connectivity index is 2.01. The number of ether oxygens (including phenoxy) is 1. The number of hydrogen-bond acceptors (Lipinski definition) is 3. The van der Waals surface area contributed by atoms with Gasteiger partial charge in [0.05, 0.1) is 5.54 Å². The van der Waals surface area contributed by atoms with Gasteiger partial charge in [0.1, 0.15) is 11.6 Å². The van der Waals surface area contributed by atoms with E-state index in [9.17, 15) is 9.50 Å². The molecule has 0 spiro atoms. The number of hydrogen-bond donors (Lipinski definition) is 2. The fourth-order valence-electron chi connectivity index (χ4n) is 3.63. The Bertz CT molecular complexity index is 855. The molecule has 0 aromatic heterocycles. The van der Waals surface area contributed by atoms with Crippen LogP contribution in [0.2, 0.25) is 0 Å². The van der Waals surface area contributed by atoms with Crippen molar-refractivity contribution in [3.05, 3.63) is 53.4 Å². The standard InChI is InChI=1S/C19H18FNO2/c1-10-9-19(2,3)21-14-6-5-12-13-8-11(20)4-7-15(13)23-18(22)17(12)16(10)14/h4-9,18,21-22H,1-3H3. The monoisotopic (exact) mass is 311 g/mol. The van der Waals surface area contributed by atoms with Gasteiger partial charge in [0.15, 0.2) is 0 Å². The summed E-state index contributed by atoms with van der Waals surface area (Å²) < 4.78 is 19.3. The molecular weight excluding hydrogens is 293 g/mol. The van der Waals surface area contributed by atoms with Crippen molar-refractivity contribution in [3.63, 3.8) is 0 Å². The number of anilines is 1. The number of fused-ring (bicyclic) bond motifs is 5. The minimum Gasteiger partial charge on any atom is -0.460 e. The zero-order valence-electron chi connectivity index (χ0n) is 13.3. The van der Waals surface area contributed by atoms with Gasteiger partial charge in [0.2, 0.25) is 6.29 Å². The Morgan fingerprint density at radius 1 is 1.17 bits per heavy atom. The fourth-order valence-corrected chi connectivity index (χ4v) is 3.63. The number of allylic oxidation sites excluding steroid dienone is 1. The summed E-state index contributed by atoms with van der Waals surface area (Å²) in [5.74, 6) is 0.177. The highest BCUT2D eigenvalue weighted by molar-refractivity contribution is 5.89. The Kier molecular flexibility index (Phi) is 2.85. The van der Waals surface area contributed by atoms with E-state index in [4.69, 9.17) is 4.74 Å². The molecule has 1 unspecified atom stereocenters. The zero-order chi connectivity index (χ0) is 16.4. The lowest BCUT2D eigenvalue weighted by Crippen LogP contribution is -2.32. The first-order valence-corrected chi connectivity index (χ1v) is 7.65. The van der Waals surface area contributed by atoms with Crippen LogP contribution in [0.1, 0.15) is 38.2 Å². The van der Waals surface area contributed by atoms with Gasteiger partial charge in [-0.05, 0) is 56.2 Å². The molecule has 1 atom stereocenters. The maximum absolute atomic E-state index is 13.7. The zero-order valence-corrected chi connectivity index (χ0v) is 13.3. The SMILES string of the molecule is CC1=CC(C)(C)Nc2ccc3c(c21)C(O)Oc1ccc(F)cc1-3. The van der Waals surface area contributed by atoms with Crippen LogP contribution in [0.15, 0.2) is 36.4 Å². The lowest BCUT2D eigenvalue weighted by atomic mass is 9.84. The molecule has 0 aliphatic carbocycles. The van der Waals surface area contributed by atoms with Crippen LogP contribution < -0.4 is 10.1 Å². The highest BCUT2D eigenvalue weighted by Gasteiger charge is 2.32. The van der Waals surface area contributed by atoms with Crippen LogP contribution in [0.25, 0.3) is 16.7 Å². The molecule has 4 heteroatoms. The largest absolute Gasteiger partial charge is 0.460 e. The topological polar surface area (TPSA) is 41.5 Å². The van der Waals surface area contributed by atoms with Gasteiger partial charge in [-0.15, -0.1) is 0 Å². The lowest BCUT2D eigenvalue weighted by molar-refractivity contribution is -0.0215. The molecular formula is C19H18FNO2. The van der Waals surface area contributed by atoms with Crippen LogP contribution in [0.5, 0.6) is 5.75 Å². The molecule has 2 aromatic rings. The average molecular weight is 311 g/mol. The molecule has 0 saturated heterocycles. The second-order valence-electron chi connectivity index (χ2n) is 6.73. The third kappa shape index (κ3) is 2.13. The quantitative estimate of drug-likeness (QED) is 0.753. The lowest BCUT2D eigenvalue weighted by Gasteiger charge is -2.35. The van der Waals surface area contributed by atoms with Gasteiger partial charge in [-0.3, -0.25) is 0 Å². The number of aliphatic hydroxyl groups excluding tert-OH is 1. The summed E-state index contributed by atoms with van der Waals surface area (Å²) in [5, 5.41) is 14.0. The molecule has 2 aromatic carbocycles. The van der Waals surface area contributed by atoms with E-state index in [1.54, 1.807) is 6.07 Å². The van der Waals surface area contributed by atoms with E-state index in [-0.39, 0.29) is 11.4 Å². The molecule has 0 fully saturated rings. The van der Waals surface area contributed by atoms with Crippen molar-refractivity contribution in [2.75, 3.05) is 5.32 Å². The number of nitrogens with one attached hydrogen (secondary N) is 1. The van der Waals surface area contributed by atoms with Gasteiger partial charge in [0.25, 0.3) is 0 Å². The van der Waals surface area contributed by atoms with Crippen molar-refractivity contribution in [3.8, 4) is 16.9 Å². The minimum absolute atomic E-state index is 0.157. The van der Waals surface area contributed by atoms with Crippen LogP contribution in [0.3, 0.4) is 0 Å². The van der Waals surface area contributed by atoms with Crippen molar-refractivity contribution in [1.82, 2.24) is 0 Å². The third-order valence-electron chi connectivity index (χ3n) is 4.39. The molecule has 0 amide bonds. The minimum atomic E-state index is -1.07. The first-order chi connectivity index (χ1) is 10.9. The van der Waals surface area contributed by atoms with Gasteiger partial charge in [-0.1, -0.05) is 12.1 Å². The Morgan fingerprint density at radius 2 is 1.96 bits per heavy atom. The highest BCUT2D eigenvalue weighted by Crippen LogP contribution is 2.48. The summed E-state index contributed by atoms with van der Waals surface area (Å²) in [6.45, 7) is 6.21. The van der Waals surface area contributed by atoms with E-state index >= 15 is 0 Å². The number of halogens is 1. The molecule has 4 rings (SSSR count). The van der Waals surface area contributed by atoms with E-state index in [1.807, 2.05) is 19.1 Å². The van der Waals surface area contributed by atoms with Gasteiger partial charge >= 0.3 is 0 Å². The molecule has 2 heterocycles. The van der Waals surface area contributed by atoms with Gasteiger partial charge < -0.3 is 15.2 Å². The van der Waals surface area contributed by atoms with Gasteiger partial charge in [0, 0.05) is 22.4 Å². The summed E-state index contributed by atoms with van der Waals surface area (Å²) in [6, 6.07) is 8.25. The smallest absolute Gasteiger partial charge is 0.225 e. The van der Waals surface area contributed by atoms with E-state index in [0.29, 0.717) is 16.9 Å². The predicted molar refractivity (Wildman–Crippen MR) is 88.8 cm³/mol. The fraction of sp³-hybridized carbons (Fsp3) is 0.263. The third-order valence-corrected chi connectivity index (χ3v) is 4.39. The summed E-state index contributed by atoms with van der Waals surface area (Å²) in [7, 11) is 0. The van der Waals surface area contributed by atoms with Crippen LogP contribution in [-0.4, -0.2) is 10.6 Å². The Morgan fingerprint density at radius 3 is 2.74 bits per heavy atom. The van der Waals surface area contributed by atoms with Crippen LogP contribution in [0.4, 0.5) is 10.1 Å². The molecule has 23 heavy (non-hydrogen) atoms. The maximum Gasteiger partial charge on any atom is 0.225 e. The molecule has 118 valence electrons. The molecule has 0 bridgehead atoms. The first kappa shape index (κ1) is 14.3. The van der Waals surface area contributed by atoms with E-state index < -0.39 is 6.29 Å². The highest BCUT2D eigenvalue weighted by atomic mass is 19.1. The summed E-state index contributed by atoms with van der Waals surface area (Å²) >= 11 is 0. The van der Waals surface area contributed by atoms with Crippen molar-refractivity contribution >= 4 is 11.3 Å². The second-order valence-corrected chi connectivity index (χ2v) is 6.73. The Labute approximate surface area is 134 Å². The molecule has 2 N–H and O–H groups in total. The summed E-state index contributed by atoms with van der Waals surface area (Å²) in [4.78, 5) is 0. The van der Waals surface area contributed by atoms with Crippen LogP contribution >= 0.6 is 0 Å². The summed E-state index contributed by atoms with van der Waals surface area (Å²) in [5.41, 5.74) is 4.98. The Hall–Kier alpha value is -2.33. The molecule has 0 radical (unpaired) electrons. The number of benzene rings is 2. The van der Waals surface area contributed by atoms with E-state index in [1.165, 1.54) is 12.1 Å². The van der Waals surface area contributed by atoms with Crippen LogP contribution in [-0.2, 0) is 0 Å². The van der Waals surface area contributed by atoms with Crippen molar-refractivity contribution in [2.24, 2.45) is 0 Å². The van der Waals surface area contributed by atoms with Crippen molar-refractivity contribution in [2.45, 2.75) is 32.6 Å². The predicted octanol–water partition coefficient (Wildman–Crippen LogP) is 4.48.